The van der Waals surface area contributed by atoms with Crippen molar-refractivity contribution in [2.45, 2.75) is 43.0 Å². The molecule has 0 bridgehead atoms. The highest BCUT2D eigenvalue weighted by Crippen LogP contribution is 2.23. The summed E-state index contributed by atoms with van der Waals surface area (Å²) >= 11 is 7.53. The van der Waals surface area contributed by atoms with E-state index in [-0.39, 0.29) is 18.6 Å². The molecule has 0 aromatic heterocycles. The van der Waals surface area contributed by atoms with E-state index in [2.05, 4.69) is 0 Å². The number of carbonyl (C=O) groups excluding carboxylic acids is 1. The standard InChI is InChI=1S/C16H22ClNO2S/c17-13-4-6-15(7-5-13)21-12-9-16(20)18-10-2-1-3-14(18)8-11-19/h4-7,14,19H,1-3,8-12H2. The molecule has 1 aromatic rings. The molecule has 1 atom stereocenters. The third-order valence-electron chi connectivity index (χ3n) is 3.81. The molecule has 1 amide bonds. The molecule has 0 radical (unpaired) electrons. The lowest BCUT2D eigenvalue weighted by Crippen LogP contribution is -2.44. The smallest absolute Gasteiger partial charge is 0.223 e. The first kappa shape index (κ1) is 16.7. The Bertz CT molecular complexity index is 450. The quantitative estimate of drug-likeness (QED) is 0.812. The van der Waals surface area contributed by atoms with Crippen LogP contribution in [0.25, 0.3) is 0 Å². The number of rotatable bonds is 6. The zero-order chi connectivity index (χ0) is 15.1. The molecule has 116 valence electrons. The lowest BCUT2D eigenvalue weighted by atomic mass is 9.99. The minimum absolute atomic E-state index is 0.161. The third kappa shape index (κ3) is 5.20. The van der Waals surface area contributed by atoms with Gasteiger partial charge < -0.3 is 10.0 Å². The van der Waals surface area contributed by atoms with Gasteiger partial charge in [0.25, 0.3) is 0 Å². The van der Waals surface area contributed by atoms with Crippen LogP contribution in [0.3, 0.4) is 0 Å². The van der Waals surface area contributed by atoms with E-state index in [1.54, 1.807) is 11.8 Å². The third-order valence-corrected chi connectivity index (χ3v) is 5.07. The molecule has 1 unspecified atom stereocenters. The Morgan fingerprint density at radius 1 is 1.33 bits per heavy atom. The second kappa shape index (κ2) is 8.66. The van der Waals surface area contributed by atoms with Crippen LogP contribution in [0.5, 0.6) is 0 Å². The van der Waals surface area contributed by atoms with Crippen LogP contribution in [0.2, 0.25) is 5.02 Å². The maximum absolute atomic E-state index is 12.3. The van der Waals surface area contributed by atoms with Crippen LogP contribution >= 0.6 is 23.4 Å². The van der Waals surface area contributed by atoms with Crippen LogP contribution in [0.15, 0.2) is 29.2 Å². The van der Waals surface area contributed by atoms with Crippen molar-refractivity contribution >= 4 is 29.3 Å². The van der Waals surface area contributed by atoms with Gasteiger partial charge in [-0.2, -0.15) is 0 Å². The number of aliphatic hydroxyl groups is 1. The zero-order valence-electron chi connectivity index (χ0n) is 12.1. The first-order valence-electron chi connectivity index (χ1n) is 7.49. The van der Waals surface area contributed by atoms with Gasteiger partial charge in [0.15, 0.2) is 0 Å². The van der Waals surface area contributed by atoms with Crippen molar-refractivity contribution in [2.75, 3.05) is 18.9 Å². The van der Waals surface area contributed by atoms with E-state index in [0.717, 1.165) is 41.5 Å². The van der Waals surface area contributed by atoms with Gasteiger partial charge in [-0.25, -0.2) is 0 Å². The Hall–Kier alpha value is -0.710. The summed E-state index contributed by atoms with van der Waals surface area (Å²) in [5.41, 5.74) is 0. The zero-order valence-corrected chi connectivity index (χ0v) is 13.7. The monoisotopic (exact) mass is 327 g/mol. The highest BCUT2D eigenvalue weighted by atomic mass is 35.5. The predicted octanol–water partition coefficient (Wildman–Crippen LogP) is 3.59. The average Bonchev–Trinajstić information content (AvgIpc) is 2.50. The van der Waals surface area contributed by atoms with Crippen LogP contribution in [0.1, 0.15) is 32.1 Å². The van der Waals surface area contributed by atoms with Crippen molar-refractivity contribution in [2.24, 2.45) is 0 Å². The summed E-state index contributed by atoms with van der Waals surface area (Å²) in [6.45, 7) is 1.00. The number of benzene rings is 1. The minimum Gasteiger partial charge on any atom is -0.396 e. The van der Waals surface area contributed by atoms with Crippen LogP contribution in [-0.2, 0) is 4.79 Å². The fraction of sp³-hybridized carbons (Fsp3) is 0.562. The SMILES string of the molecule is O=C(CCSc1ccc(Cl)cc1)N1CCCCC1CCO. The molecule has 0 aliphatic carbocycles. The normalized spacial score (nSPS) is 18.8. The molecular weight excluding hydrogens is 306 g/mol. The van der Waals surface area contributed by atoms with Gasteiger partial charge in [0.05, 0.1) is 0 Å². The largest absolute Gasteiger partial charge is 0.396 e. The van der Waals surface area contributed by atoms with E-state index in [9.17, 15) is 4.79 Å². The van der Waals surface area contributed by atoms with Crippen LogP contribution in [-0.4, -0.2) is 40.9 Å². The summed E-state index contributed by atoms with van der Waals surface area (Å²) in [7, 11) is 0. The van der Waals surface area contributed by atoms with Gasteiger partial charge in [0.2, 0.25) is 5.91 Å². The fourth-order valence-electron chi connectivity index (χ4n) is 2.71. The number of likely N-dealkylation sites (tertiary alicyclic amines) is 1. The van der Waals surface area contributed by atoms with Gasteiger partial charge in [-0.05, 0) is 49.9 Å². The summed E-state index contributed by atoms with van der Waals surface area (Å²) in [4.78, 5) is 15.4. The number of nitrogens with zero attached hydrogens (tertiary/aromatic N) is 1. The lowest BCUT2D eigenvalue weighted by molar-refractivity contribution is -0.134. The van der Waals surface area contributed by atoms with Crippen molar-refractivity contribution in [3.63, 3.8) is 0 Å². The molecule has 1 N–H and O–H groups in total. The predicted molar refractivity (Wildman–Crippen MR) is 87.8 cm³/mol. The molecule has 1 aliphatic heterocycles. The fourth-order valence-corrected chi connectivity index (χ4v) is 3.68. The van der Waals surface area contributed by atoms with E-state index < -0.39 is 0 Å². The number of amides is 1. The van der Waals surface area contributed by atoms with Gasteiger partial charge in [-0.15, -0.1) is 11.8 Å². The van der Waals surface area contributed by atoms with E-state index in [0.29, 0.717) is 12.8 Å². The molecule has 2 rings (SSSR count). The first-order valence-corrected chi connectivity index (χ1v) is 8.86. The maximum atomic E-state index is 12.3. The number of aliphatic hydroxyl groups excluding tert-OH is 1. The van der Waals surface area contributed by atoms with Gasteiger partial charge in [0.1, 0.15) is 0 Å². The van der Waals surface area contributed by atoms with E-state index in [1.165, 1.54) is 0 Å². The molecule has 0 saturated carbocycles. The average molecular weight is 328 g/mol. The molecule has 3 nitrogen and oxygen atoms in total. The molecule has 1 fully saturated rings. The van der Waals surface area contributed by atoms with E-state index in [1.807, 2.05) is 29.2 Å². The minimum atomic E-state index is 0.161. The van der Waals surface area contributed by atoms with Gasteiger partial charge in [-0.3, -0.25) is 4.79 Å². The summed E-state index contributed by atoms with van der Waals surface area (Å²) < 4.78 is 0. The van der Waals surface area contributed by atoms with Crippen LogP contribution in [0.4, 0.5) is 0 Å². The van der Waals surface area contributed by atoms with E-state index >= 15 is 0 Å². The van der Waals surface area contributed by atoms with Crippen molar-refractivity contribution in [1.29, 1.82) is 0 Å². The number of thioether (sulfide) groups is 1. The van der Waals surface area contributed by atoms with Crippen LogP contribution < -0.4 is 0 Å². The summed E-state index contributed by atoms with van der Waals surface area (Å²) in [5.74, 6) is 0.998. The number of hydrogen-bond donors (Lipinski definition) is 1. The Balaban J connectivity index is 1.78. The highest BCUT2D eigenvalue weighted by Gasteiger charge is 2.25. The number of piperidine rings is 1. The topological polar surface area (TPSA) is 40.5 Å². The maximum Gasteiger partial charge on any atom is 0.223 e. The number of halogens is 1. The van der Waals surface area contributed by atoms with E-state index in [4.69, 9.17) is 16.7 Å². The van der Waals surface area contributed by atoms with Crippen LogP contribution in [0, 0.1) is 0 Å². The molecule has 1 aliphatic rings. The van der Waals surface area contributed by atoms with Crippen molar-refractivity contribution in [3.05, 3.63) is 29.3 Å². The number of carbonyl (C=O) groups is 1. The van der Waals surface area contributed by atoms with Crippen molar-refractivity contribution in [3.8, 4) is 0 Å². The molecule has 1 heterocycles. The molecule has 1 aromatic carbocycles. The van der Waals surface area contributed by atoms with Crippen molar-refractivity contribution in [1.82, 2.24) is 4.90 Å². The molecule has 0 spiro atoms. The molecule has 21 heavy (non-hydrogen) atoms. The Morgan fingerprint density at radius 2 is 2.10 bits per heavy atom. The Labute approximate surface area is 135 Å². The number of hydrogen-bond acceptors (Lipinski definition) is 3. The lowest BCUT2D eigenvalue weighted by Gasteiger charge is -2.35. The Kier molecular flexibility index (Phi) is 6.87. The molecular formula is C16H22ClNO2S. The van der Waals surface area contributed by atoms with Gasteiger partial charge in [0, 0.05) is 41.3 Å². The second-order valence-electron chi connectivity index (χ2n) is 5.30. The molecule has 1 saturated heterocycles. The summed E-state index contributed by atoms with van der Waals surface area (Å²) in [6.07, 6.45) is 4.52. The van der Waals surface area contributed by atoms with Crippen molar-refractivity contribution < 1.29 is 9.90 Å². The highest BCUT2D eigenvalue weighted by molar-refractivity contribution is 7.99. The van der Waals surface area contributed by atoms with Gasteiger partial charge >= 0.3 is 0 Å². The van der Waals surface area contributed by atoms with Gasteiger partial charge in [-0.1, -0.05) is 11.6 Å². The summed E-state index contributed by atoms with van der Waals surface area (Å²) in [5, 5.41) is 9.84. The Morgan fingerprint density at radius 3 is 2.81 bits per heavy atom. The summed E-state index contributed by atoms with van der Waals surface area (Å²) in [6, 6.07) is 7.93. The molecule has 5 heteroatoms. The second-order valence-corrected chi connectivity index (χ2v) is 6.91. The first-order chi connectivity index (χ1) is 10.2.